The lowest BCUT2D eigenvalue weighted by molar-refractivity contribution is 0.0867. The van der Waals surface area contributed by atoms with Crippen molar-refractivity contribution in [2.24, 2.45) is 0 Å². The van der Waals surface area contributed by atoms with E-state index in [4.69, 9.17) is 32.7 Å². The van der Waals surface area contributed by atoms with Gasteiger partial charge in [0.25, 0.3) is 5.91 Å². The number of hydrogen-bond donors (Lipinski definition) is 2. The first-order valence-corrected chi connectivity index (χ1v) is 10.9. The van der Waals surface area contributed by atoms with Crippen molar-refractivity contribution in [3.05, 3.63) is 51.5 Å². The Morgan fingerprint density at radius 1 is 1.13 bits per heavy atom. The van der Waals surface area contributed by atoms with Crippen molar-refractivity contribution in [2.45, 2.75) is 57.6 Å². The second-order valence-electron chi connectivity index (χ2n) is 7.88. The van der Waals surface area contributed by atoms with Gasteiger partial charge in [-0.15, -0.1) is 0 Å². The molecule has 1 saturated carbocycles. The van der Waals surface area contributed by atoms with Gasteiger partial charge in [-0.2, -0.15) is 0 Å². The van der Waals surface area contributed by atoms with Gasteiger partial charge in [-0.1, -0.05) is 37.0 Å². The highest BCUT2D eigenvalue weighted by Crippen LogP contribution is 2.40. The van der Waals surface area contributed by atoms with Crippen LogP contribution in [0.3, 0.4) is 0 Å². The molecule has 0 spiro atoms. The second-order valence-corrected chi connectivity index (χ2v) is 8.66. The number of halogens is 2. The van der Waals surface area contributed by atoms with Crippen molar-refractivity contribution < 1.29 is 19.4 Å². The molecule has 0 unspecified atom stereocenters. The first-order chi connectivity index (χ1) is 14.3. The first kappa shape index (κ1) is 22.7. The van der Waals surface area contributed by atoms with E-state index in [-0.39, 0.29) is 34.7 Å². The van der Waals surface area contributed by atoms with Crippen molar-refractivity contribution in [1.29, 1.82) is 0 Å². The number of rotatable bonds is 6. The topological polar surface area (TPSA) is 67.8 Å². The summed E-state index contributed by atoms with van der Waals surface area (Å²) in [5.74, 6) is 1.54. The van der Waals surface area contributed by atoms with Crippen LogP contribution in [0.1, 0.15) is 61.4 Å². The second kappa shape index (κ2) is 9.90. The smallest absolute Gasteiger partial charge is 0.253 e. The summed E-state index contributed by atoms with van der Waals surface area (Å²) in [4.78, 5) is 12.8. The van der Waals surface area contributed by atoms with Gasteiger partial charge in [-0.25, -0.2) is 0 Å². The van der Waals surface area contributed by atoms with Gasteiger partial charge in [0, 0.05) is 11.6 Å². The lowest BCUT2D eigenvalue weighted by Gasteiger charge is -2.26. The maximum atomic E-state index is 12.8. The largest absolute Gasteiger partial charge is 0.496 e. The summed E-state index contributed by atoms with van der Waals surface area (Å²) in [5.41, 5.74) is 1.30. The van der Waals surface area contributed by atoms with Crippen LogP contribution in [0, 0.1) is 0 Å². The molecule has 2 N–H and O–H groups in total. The number of hydrogen-bond acceptors (Lipinski definition) is 4. The molecule has 0 aromatic heterocycles. The van der Waals surface area contributed by atoms with E-state index in [0.29, 0.717) is 29.2 Å². The van der Waals surface area contributed by atoms with E-state index in [1.165, 1.54) is 0 Å². The molecule has 162 valence electrons. The fourth-order valence-corrected chi connectivity index (χ4v) is 4.16. The van der Waals surface area contributed by atoms with Crippen molar-refractivity contribution >= 4 is 29.1 Å². The summed E-state index contributed by atoms with van der Waals surface area (Å²) in [6.45, 7) is 4.13. The molecule has 7 heteroatoms. The molecule has 5 nitrogen and oxygen atoms in total. The average Bonchev–Trinajstić information content (AvgIpc) is 2.72. The van der Waals surface area contributed by atoms with Gasteiger partial charge in [0.2, 0.25) is 0 Å². The molecule has 2 aromatic carbocycles. The molecule has 1 aliphatic carbocycles. The van der Waals surface area contributed by atoms with Crippen LogP contribution < -0.4 is 14.8 Å². The Morgan fingerprint density at radius 3 is 2.47 bits per heavy atom. The summed E-state index contributed by atoms with van der Waals surface area (Å²) in [6, 6.07) is 8.72. The lowest BCUT2D eigenvalue weighted by Crippen LogP contribution is -2.38. The molecule has 0 saturated heterocycles. The number of aliphatic hydroxyl groups is 1. The van der Waals surface area contributed by atoms with E-state index in [2.05, 4.69) is 19.2 Å². The van der Waals surface area contributed by atoms with Crippen LogP contribution in [0.5, 0.6) is 17.2 Å². The number of nitrogens with one attached hydrogen (secondary N) is 1. The van der Waals surface area contributed by atoms with Crippen LogP contribution in [0.2, 0.25) is 10.0 Å². The zero-order chi connectivity index (χ0) is 21.8. The van der Waals surface area contributed by atoms with Gasteiger partial charge < -0.3 is 19.9 Å². The van der Waals surface area contributed by atoms with Crippen LogP contribution in [-0.4, -0.2) is 30.3 Å². The number of aliphatic hydroxyl groups excluding tert-OH is 1. The molecule has 1 aliphatic rings. The van der Waals surface area contributed by atoms with Gasteiger partial charge in [-0.05, 0) is 61.9 Å². The monoisotopic (exact) mass is 451 g/mol. The highest BCUT2D eigenvalue weighted by molar-refractivity contribution is 6.39. The Bertz CT molecular complexity index is 908. The third-order valence-corrected chi connectivity index (χ3v) is 6.04. The van der Waals surface area contributed by atoms with Crippen molar-refractivity contribution in [2.75, 3.05) is 7.11 Å². The van der Waals surface area contributed by atoms with E-state index in [9.17, 15) is 9.90 Å². The normalized spacial score (nSPS) is 18.9. The molecule has 3 rings (SSSR count). The molecule has 0 atom stereocenters. The summed E-state index contributed by atoms with van der Waals surface area (Å²) >= 11 is 12.9. The number of benzene rings is 2. The number of carbonyl (C=O) groups is 1. The minimum Gasteiger partial charge on any atom is -0.496 e. The zero-order valence-corrected chi connectivity index (χ0v) is 18.9. The molecule has 0 radical (unpaired) electrons. The fourth-order valence-electron chi connectivity index (χ4n) is 3.63. The Morgan fingerprint density at radius 2 is 1.83 bits per heavy atom. The van der Waals surface area contributed by atoms with Gasteiger partial charge in [-0.3, -0.25) is 4.79 Å². The highest BCUT2D eigenvalue weighted by Gasteiger charge is 2.24. The first-order valence-electron chi connectivity index (χ1n) is 10.1. The van der Waals surface area contributed by atoms with E-state index in [0.717, 1.165) is 24.2 Å². The molecule has 1 fully saturated rings. The van der Waals surface area contributed by atoms with E-state index in [1.54, 1.807) is 25.3 Å². The average molecular weight is 452 g/mol. The molecule has 0 bridgehead atoms. The molecule has 0 heterocycles. The van der Waals surface area contributed by atoms with Crippen LogP contribution in [0.15, 0.2) is 30.3 Å². The highest BCUT2D eigenvalue weighted by atomic mass is 35.5. The van der Waals surface area contributed by atoms with Crippen LogP contribution in [-0.2, 0) is 0 Å². The van der Waals surface area contributed by atoms with Gasteiger partial charge in [0.15, 0.2) is 5.75 Å². The van der Waals surface area contributed by atoms with Crippen LogP contribution in [0.25, 0.3) is 0 Å². The van der Waals surface area contributed by atoms with Gasteiger partial charge in [0.1, 0.15) is 11.5 Å². The number of ether oxygens (including phenoxy) is 2. The SMILES string of the molecule is COc1ccc(Oc2c(Cl)ccc(C(=O)NC3CCC(O)CC3)c2Cl)cc1C(C)C. The fraction of sp³-hybridized carbons (Fsp3) is 0.435. The van der Waals surface area contributed by atoms with Crippen LogP contribution >= 0.6 is 23.2 Å². The molecular weight excluding hydrogens is 425 g/mol. The van der Waals surface area contributed by atoms with Crippen molar-refractivity contribution in [3.8, 4) is 17.2 Å². The molecular formula is C23H27Cl2NO4. The maximum absolute atomic E-state index is 12.8. The number of methoxy groups -OCH3 is 1. The summed E-state index contributed by atoms with van der Waals surface area (Å²) in [7, 11) is 1.63. The van der Waals surface area contributed by atoms with Crippen molar-refractivity contribution in [1.82, 2.24) is 5.32 Å². The minimum atomic E-state index is -0.280. The van der Waals surface area contributed by atoms with Crippen molar-refractivity contribution in [3.63, 3.8) is 0 Å². The predicted molar refractivity (Wildman–Crippen MR) is 119 cm³/mol. The lowest BCUT2D eigenvalue weighted by atomic mass is 9.93. The Labute approximate surface area is 187 Å². The van der Waals surface area contributed by atoms with Gasteiger partial charge >= 0.3 is 0 Å². The zero-order valence-electron chi connectivity index (χ0n) is 17.4. The molecule has 0 aliphatic heterocycles. The molecule has 2 aromatic rings. The molecule has 1 amide bonds. The standard InChI is InChI=1S/C23H27Cl2NO4/c1-13(2)18-12-16(8-11-20(18)29-3)30-22-19(24)10-9-17(21(22)25)23(28)26-14-4-6-15(27)7-5-14/h8-15,27H,4-7H2,1-3H3,(H,26,28). The van der Waals surface area contributed by atoms with Gasteiger partial charge in [0.05, 0.1) is 28.8 Å². The molecule has 30 heavy (non-hydrogen) atoms. The Hall–Kier alpha value is -1.95. The summed E-state index contributed by atoms with van der Waals surface area (Å²) in [6.07, 6.45) is 2.57. The maximum Gasteiger partial charge on any atom is 0.253 e. The predicted octanol–water partition coefficient (Wildman–Crippen LogP) is 5.95. The van der Waals surface area contributed by atoms with Crippen LogP contribution in [0.4, 0.5) is 0 Å². The van der Waals surface area contributed by atoms with E-state index >= 15 is 0 Å². The number of carbonyl (C=O) groups excluding carboxylic acids is 1. The third kappa shape index (κ3) is 5.20. The van der Waals surface area contributed by atoms with E-state index in [1.807, 2.05) is 12.1 Å². The Balaban J connectivity index is 1.83. The quantitative estimate of drug-likeness (QED) is 0.568. The summed E-state index contributed by atoms with van der Waals surface area (Å²) < 4.78 is 11.4. The summed E-state index contributed by atoms with van der Waals surface area (Å²) in [5, 5.41) is 13.1. The Kier molecular flexibility index (Phi) is 7.50. The number of amides is 1. The minimum absolute atomic E-state index is 0.0206. The van der Waals surface area contributed by atoms with E-state index < -0.39 is 0 Å². The third-order valence-electron chi connectivity index (χ3n) is 5.37.